The van der Waals surface area contributed by atoms with Crippen LogP contribution in [0.1, 0.15) is 23.4 Å². The number of alkyl halides is 3. The SMILES string of the molecule is OCc1c(I)cc(C(F)F)nc1CBr. The number of hydrogen-bond acceptors (Lipinski definition) is 2. The molecule has 0 amide bonds. The molecule has 1 N–H and O–H groups in total. The number of hydrogen-bond donors (Lipinski definition) is 1. The number of rotatable bonds is 3. The first-order valence-corrected chi connectivity index (χ1v) is 5.93. The zero-order valence-corrected chi connectivity index (χ0v) is 10.7. The van der Waals surface area contributed by atoms with Crippen molar-refractivity contribution in [2.45, 2.75) is 18.4 Å². The zero-order chi connectivity index (χ0) is 10.7. The Kier molecular flexibility index (Phi) is 4.65. The molecule has 0 radical (unpaired) electrons. The fraction of sp³-hybridized carbons (Fsp3) is 0.375. The molecule has 0 saturated heterocycles. The first-order chi connectivity index (χ1) is 6.60. The Morgan fingerprint density at radius 1 is 1.57 bits per heavy atom. The van der Waals surface area contributed by atoms with Crippen LogP contribution >= 0.6 is 38.5 Å². The Hall–Kier alpha value is 0.180. The van der Waals surface area contributed by atoms with Gasteiger partial charge < -0.3 is 5.11 Å². The Bertz CT molecular complexity index is 335. The van der Waals surface area contributed by atoms with E-state index in [9.17, 15) is 8.78 Å². The van der Waals surface area contributed by atoms with E-state index in [1.54, 1.807) is 0 Å². The van der Waals surface area contributed by atoms with Crippen LogP contribution in [0.3, 0.4) is 0 Å². The lowest BCUT2D eigenvalue weighted by Gasteiger charge is -2.09. The molecule has 0 aliphatic carbocycles. The highest BCUT2D eigenvalue weighted by Crippen LogP contribution is 2.24. The minimum absolute atomic E-state index is 0.185. The summed E-state index contributed by atoms with van der Waals surface area (Å²) in [5.74, 6) is 0. The van der Waals surface area contributed by atoms with Crippen LogP contribution in [0.4, 0.5) is 8.78 Å². The van der Waals surface area contributed by atoms with Crippen LogP contribution in [0.2, 0.25) is 0 Å². The van der Waals surface area contributed by atoms with Crippen LogP contribution in [-0.2, 0) is 11.9 Å². The Labute approximate surface area is 102 Å². The molecule has 0 atom stereocenters. The predicted molar refractivity (Wildman–Crippen MR) is 60.5 cm³/mol. The van der Waals surface area contributed by atoms with Gasteiger partial charge in [0.25, 0.3) is 6.43 Å². The predicted octanol–water partition coefficient (Wildman–Crippen LogP) is 3.01. The molecule has 1 rings (SSSR count). The molecule has 0 unspecified atom stereocenters. The molecule has 0 aliphatic rings. The van der Waals surface area contributed by atoms with Crippen molar-refractivity contribution in [2.24, 2.45) is 0 Å². The van der Waals surface area contributed by atoms with Crippen LogP contribution in [-0.4, -0.2) is 10.1 Å². The summed E-state index contributed by atoms with van der Waals surface area (Å²) in [4.78, 5) is 3.76. The number of aromatic nitrogens is 1. The molecule has 0 aromatic carbocycles. The van der Waals surface area contributed by atoms with E-state index in [2.05, 4.69) is 20.9 Å². The average Bonchev–Trinajstić information content (AvgIpc) is 2.16. The average molecular weight is 378 g/mol. The number of aliphatic hydroxyl groups is 1. The molecule has 0 bridgehead atoms. The molecule has 14 heavy (non-hydrogen) atoms. The first-order valence-electron chi connectivity index (χ1n) is 3.73. The van der Waals surface area contributed by atoms with Gasteiger partial charge in [-0.3, -0.25) is 4.98 Å². The molecular weight excluding hydrogens is 371 g/mol. The van der Waals surface area contributed by atoms with Crippen LogP contribution in [0, 0.1) is 3.57 Å². The summed E-state index contributed by atoms with van der Waals surface area (Å²) < 4.78 is 25.3. The molecule has 0 fully saturated rings. The van der Waals surface area contributed by atoms with Gasteiger partial charge in [-0.05, 0) is 28.7 Å². The van der Waals surface area contributed by atoms with Crippen molar-refractivity contribution in [3.8, 4) is 0 Å². The van der Waals surface area contributed by atoms with E-state index in [0.29, 0.717) is 20.2 Å². The fourth-order valence-electron chi connectivity index (χ4n) is 0.999. The van der Waals surface area contributed by atoms with Crippen LogP contribution in [0.15, 0.2) is 6.07 Å². The highest BCUT2D eigenvalue weighted by molar-refractivity contribution is 14.1. The van der Waals surface area contributed by atoms with Gasteiger partial charge in [-0.25, -0.2) is 8.78 Å². The third-order valence-electron chi connectivity index (χ3n) is 1.68. The highest BCUT2D eigenvalue weighted by atomic mass is 127. The van der Waals surface area contributed by atoms with Gasteiger partial charge in [0.1, 0.15) is 5.69 Å². The largest absolute Gasteiger partial charge is 0.392 e. The third kappa shape index (κ3) is 2.60. The van der Waals surface area contributed by atoms with Gasteiger partial charge in [0.05, 0.1) is 12.3 Å². The van der Waals surface area contributed by atoms with Crippen molar-refractivity contribution >= 4 is 38.5 Å². The van der Waals surface area contributed by atoms with Crippen LogP contribution in [0.5, 0.6) is 0 Å². The summed E-state index contributed by atoms with van der Waals surface area (Å²) in [5, 5.41) is 9.37. The van der Waals surface area contributed by atoms with Gasteiger partial charge >= 0.3 is 0 Å². The topological polar surface area (TPSA) is 33.1 Å². The zero-order valence-electron chi connectivity index (χ0n) is 6.98. The molecule has 0 spiro atoms. The van der Waals surface area contributed by atoms with E-state index in [1.165, 1.54) is 6.07 Å². The van der Waals surface area contributed by atoms with E-state index in [4.69, 9.17) is 5.11 Å². The number of nitrogens with zero attached hydrogens (tertiary/aromatic N) is 1. The maximum Gasteiger partial charge on any atom is 0.280 e. The van der Waals surface area contributed by atoms with Crippen molar-refractivity contribution in [3.05, 3.63) is 26.6 Å². The Balaban J connectivity index is 3.24. The molecule has 6 heteroatoms. The van der Waals surface area contributed by atoms with E-state index in [-0.39, 0.29) is 12.3 Å². The Morgan fingerprint density at radius 2 is 2.21 bits per heavy atom. The first kappa shape index (κ1) is 12.3. The number of aliphatic hydroxyl groups excluding tert-OH is 1. The van der Waals surface area contributed by atoms with Crippen molar-refractivity contribution in [2.75, 3.05) is 0 Å². The smallest absolute Gasteiger partial charge is 0.280 e. The van der Waals surface area contributed by atoms with Crippen molar-refractivity contribution in [1.29, 1.82) is 0 Å². The maximum atomic E-state index is 12.4. The monoisotopic (exact) mass is 377 g/mol. The summed E-state index contributed by atoms with van der Waals surface area (Å²) >= 11 is 5.06. The standard InChI is InChI=1S/C8H7BrF2INO/c9-2-7-4(3-14)5(12)1-6(13-7)8(10)11/h1,8,14H,2-3H2. The van der Waals surface area contributed by atoms with E-state index >= 15 is 0 Å². The molecule has 0 saturated carbocycles. The lowest BCUT2D eigenvalue weighted by Crippen LogP contribution is -2.03. The molecular formula is C8H7BrF2INO. The lowest BCUT2D eigenvalue weighted by molar-refractivity contribution is 0.145. The summed E-state index contributed by atoms with van der Waals surface area (Å²) in [6, 6.07) is 1.29. The molecule has 0 aliphatic heterocycles. The quantitative estimate of drug-likeness (QED) is 0.648. The van der Waals surface area contributed by atoms with Crippen molar-refractivity contribution in [3.63, 3.8) is 0 Å². The summed E-state index contributed by atoms with van der Waals surface area (Å²) in [6.45, 7) is -0.185. The van der Waals surface area contributed by atoms with E-state index in [1.807, 2.05) is 22.6 Å². The second kappa shape index (κ2) is 5.32. The maximum absolute atomic E-state index is 12.4. The summed E-state index contributed by atoms with van der Waals surface area (Å²) in [6.07, 6.45) is -2.57. The molecule has 1 aromatic heterocycles. The highest BCUT2D eigenvalue weighted by Gasteiger charge is 2.15. The minimum Gasteiger partial charge on any atom is -0.392 e. The van der Waals surface area contributed by atoms with E-state index < -0.39 is 6.43 Å². The molecule has 2 nitrogen and oxygen atoms in total. The van der Waals surface area contributed by atoms with Crippen molar-refractivity contribution in [1.82, 2.24) is 4.98 Å². The van der Waals surface area contributed by atoms with Crippen LogP contribution in [0.25, 0.3) is 0 Å². The number of pyridine rings is 1. The van der Waals surface area contributed by atoms with Gasteiger partial charge in [-0.1, -0.05) is 15.9 Å². The van der Waals surface area contributed by atoms with Crippen molar-refractivity contribution < 1.29 is 13.9 Å². The van der Waals surface area contributed by atoms with E-state index in [0.717, 1.165) is 0 Å². The summed E-state index contributed by atoms with van der Waals surface area (Å²) in [7, 11) is 0. The lowest BCUT2D eigenvalue weighted by atomic mass is 10.2. The second-order valence-electron chi connectivity index (χ2n) is 2.55. The molecule has 78 valence electrons. The van der Waals surface area contributed by atoms with Gasteiger partial charge in [0, 0.05) is 14.5 Å². The second-order valence-corrected chi connectivity index (χ2v) is 4.27. The molecule has 1 aromatic rings. The van der Waals surface area contributed by atoms with Gasteiger partial charge in [0.2, 0.25) is 0 Å². The minimum atomic E-state index is -2.57. The van der Waals surface area contributed by atoms with Gasteiger partial charge in [0.15, 0.2) is 0 Å². The Morgan fingerprint density at radius 3 is 2.64 bits per heavy atom. The van der Waals surface area contributed by atoms with Gasteiger partial charge in [-0.15, -0.1) is 0 Å². The van der Waals surface area contributed by atoms with Crippen LogP contribution < -0.4 is 0 Å². The fourth-order valence-corrected chi connectivity index (χ4v) is 2.26. The number of halogens is 4. The van der Waals surface area contributed by atoms with Gasteiger partial charge in [-0.2, -0.15) is 0 Å². The molecule has 1 heterocycles. The third-order valence-corrected chi connectivity index (χ3v) is 3.18. The normalized spacial score (nSPS) is 11.0. The summed E-state index contributed by atoms with van der Waals surface area (Å²) in [5.41, 5.74) is 0.822.